The Morgan fingerprint density at radius 1 is 1.22 bits per heavy atom. The second-order valence-electron chi connectivity index (χ2n) is 6.95. The molecule has 27 heavy (non-hydrogen) atoms. The first kappa shape index (κ1) is 17.6. The Morgan fingerprint density at radius 2 is 2.04 bits per heavy atom. The lowest BCUT2D eigenvalue weighted by Gasteiger charge is -2.28. The van der Waals surface area contributed by atoms with Crippen LogP contribution in [0.2, 0.25) is 0 Å². The van der Waals surface area contributed by atoms with E-state index < -0.39 is 5.91 Å². The van der Waals surface area contributed by atoms with Gasteiger partial charge < -0.3 is 19.8 Å². The molecule has 2 amide bonds. The van der Waals surface area contributed by atoms with Crippen molar-refractivity contribution in [3.8, 4) is 0 Å². The highest BCUT2D eigenvalue weighted by Crippen LogP contribution is 2.23. The minimum atomic E-state index is -0.438. The predicted molar refractivity (Wildman–Crippen MR) is 105 cm³/mol. The molecule has 0 aromatic carbocycles. The van der Waals surface area contributed by atoms with E-state index in [0.717, 1.165) is 29.2 Å². The van der Waals surface area contributed by atoms with E-state index in [1.165, 1.54) is 4.88 Å². The molecule has 6 nitrogen and oxygen atoms in total. The number of fused-ring (bicyclic) bond motifs is 1. The number of hydrogen-bond donors (Lipinski definition) is 1. The fourth-order valence-electron chi connectivity index (χ4n) is 3.70. The first-order valence-corrected chi connectivity index (χ1v) is 9.79. The molecule has 0 atom stereocenters. The summed E-state index contributed by atoms with van der Waals surface area (Å²) in [7, 11) is 0. The van der Waals surface area contributed by atoms with E-state index in [1.807, 2.05) is 35.4 Å². The topological polar surface area (TPSA) is 73.3 Å². The summed E-state index contributed by atoms with van der Waals surface area (Å²) < 4.78 is 4.20. The second-order valence-corrected chi connectivity index (χ2v) is 7.99. The van der Waals surface area contributed by atoms with E-state index in [4.69, 9.17) is 5.73 Å². The van der Waals surface area contributed by atoms with Gasteiger partial charge >= 0.3 is 0 Å². The quantitative estimate of drug-likeness (QED) is 0.753. The summed E-state index contributed by atoms with van der Waals surface area (Å²) in [6.45, 7) is 6.60. The zero-order valence-corrected chi connectivity index (χ0v) is 16.3. The Kier molecular flexibility index (Phi) is 4.39. The van der Waals surface area contributed by atoms with Gasteiger partial charge in [-0.15, -0.1) is 11.3 Å². The molecule has 7 heteroatoms. The van der Waals surface area contributed by atoms with E-state index in [9.17, 15) is 9.59 Å². The van der Waals surface area contributed by atoms with Crippen molar-refractivity contribution in [2.45, 2.75) is 33.5 Å². The molecule has 140 valence electrons. The summed E-state index contributed by atoms with van der Waals surface area (Å²) in [5.41, 5.74) is 9.63. The van der Waals surface area contributed by atoms with Gasteiger partial charge in [-0.1, -0.05) is 6.07 Å². The maximum atomic E-state index is 13.2. The van der Waals surface area contributed by atoms with Crippen LogP contribution < -0.4 is 5.73 Å². The van der Waals surface area contributed by atoms with Gasteiger partial charge in [-0.2, -0.15) is 0 Å². The SMILES string of the molecule is Cc1cc(C(=O)N2CCn3cc(C(N)=O)cc3C2)c(C)n1Cc1cccs1. The second kappa shape index (κ2) is 6.74. The van der Waals surface area contributed by atoms with Crippen molar-refractivity contribution in [1.29, 1.82) is 0 Å². The fraction of sp³-hybridized carbons (Fsp3) is 0.300. The van der Waals surface area contributed by atoms with Gasteiger partial charge in [-0.25, -0.2) is 0 Å². The first-order valence-electron chi connectivity index (χ1n) is 8.91. The molecule has 0 unspecified atom stereocenters. The van der Waals surface area contributed by atoms with Crippen LogP contribution in [0.5, 0.6) is 0 Å². The summed E-state index contributed by atoms with van der Waals surface area (Å²) in [5.74, 6) is -0.402. The minimum absolute atomic E-state index is 0.0357. The monoisotopic (exact) mass is 382 g/mol. The van der Waals surface area contributed by atoms with Gasteiger partial charge in [-0.05, 0) is 37.4 Å². The number of primary amides is 1. The molecule has 0 fully saturated rings. The summed E-state index contributed by atoms with van der Waals surface area (Å²) in [5, 5.41) is 2.07. The maximum absolute atomic E-state index is 13.2. The summed E-state index contributed by atoms with van der Waals surface area (Å²) in [6.07, 6.45) is 1.77. The highest BCUT2D eigenvalue weighted by atomic mass is 32.1. The van der Waals surface area contributed by atoms with E-state index in [-0.39, 0.29) is 5.91 Å². The largest absolute Gasteiger partial charge is 0.366 e. The van der Waals surface area contributed by atoms with Crippen LogP contribution >= 0.6 is 11.3 Å². The number of thiophene rings is 1. The Hall–Kier alpha value is -2.80. The number of nitrogens with zero attached hydrogens (tertiary/aromatic N) is 3. The van der Waals surface area contributed by atoms with Gasteiger partial charge in [0.1, 0.15) is 0 Å². The fourth-order valence-corrected chi connectivity index (χ4v) is 4.39. The van der Waals surface area contributed by atoms with Gasteiger partial charge in [0.25, 0.3) is 5.91 Å². The number of aromatic nitrogens is 2. The number of aryl methyl sites for hydroxylation is 1. The molecule has 0 saturated heterocycles. The average Bonchev–Trinajstić information content (AvgIpc) is 3.36. The lowest BCUT2D eigenvalue weighted by Crippen LogP contribution is -2.38. The van der Waals surface area contributed by atoms with Crippen molar-refractivity contribution in [1.82, 2.24) is 14.0 Å². The van der Waals surface area contributed by atoms with Crippen LogP contribution in [0.4, 0.5) is 0 Å². The minimum Gasteiger partial charge on any atom is -0.366 e. The summed E-state index contributed by atoms with van der Waals surface area (Å²) in [4.78, 5) is 27.7. The van der Waals surface area contributed by atoms with Gasteiger partial charge in [0.15, 0.2) is 0 Å². The van der Waals surface area contributed by atoms with E-state index in [2.05, 4.69) is 16.0 Å². The van der Waals surface area contributed by atoms with Gasteiger partial charge in [0.2, 0.25) is 5.91 Å². The number of nitrogens with two attached hydrogens (primary N) is 1. The van der Waals surface area contributed by atoms with Crippen molar-refractivity contribution in [3.63, 3.8) is 0 Å². The molecule has 0 saturated carbocycles. The third-order valence-corrected chi connectivity index (χ3v) is 6.08. The number of amides is 2. The van der Waals surface area contributed by atoms with E-state index in [0.29, 0.717) is 25.2 Å². The van der Waals surface area contributed by atoms with E-state index in [1.54, 1.807) is 23.6 Å². The van der Waals surface area contributed by atoms with Crippen molar-refractivity contribution < 1.29 is 9.59 Å². The molecule has 0 radical (unpaired) electrons. The third-order valence-electron chi connectivity index (χ3n) is 5.22. The average molecular weight is 382 g/mol. The van der Waals surface area contributed by atoms with Gasteiger partial charge in [-0.3, -0.25) is 9.59 Å². The van der Waals surface area contributed by atoms with Crippen molar-refractivity contribution >= 4 is 23.2 Å². The van der Waals surface area contributed by atoms with E-state index >= 15 is 0 Å². The normalized spacial score (nSPS) is 13.6. The Balaban J connectivity index is 1.57. The lowest BCUT2D eigenvalue weighted by atomic mass is 10.2. The molecular formula is C20H22N4O2S. The molecule has 4 heterocycles. The van der Waals surface area contributed by atoms with Crippen LogP contribution in [0, 0.1) is 13.8 Å². The van der Waals surface area contributed by atoms with Crippen LogP contribution in [0.15, 0.2) is 35.8 Å². The zero-order valence-electron chi connectivity index (χ0n) is 15.4. The van der Waals surface area contributed by atoms with Crippen LogP contribution in [-0.4, -0.2) is 32.4 Å². The Morgan fingerprint density at radius 3 is 2.74 bits per heavy atom. The smallest absolute Gasteiger partial charge is 0.256 e. The molecule has 1 aliphatic rings. The first-order chi connectivity index (χ1) is 12.9. The van der Waals surface area contributed by atoms with Gasteiger partial charge in [0, 0.05) is 41.2 Å². The summed E-state index contributed by atoms with van der Waals surface area (Å²) >= 11 is 1.72. The predicted octanol–water partition coefficient (Wildman–Crippen LogP) is 2.77. The molecule has 0 bridgehead atoms. The molecule has 4 rings (SSSR count). The zero-order chi connectivity index (χ0) is 19.1. The molecule has 0 aliphatic carbocycles. The van der Waals surface area contributed by atoms with Crippen molar-refractivity contribution in [3.05, 3.63) is 68.9 Å². The molecule has 0 spiro atoms. The Labute approximate surface area is 161 Å². The molecular weight excluding hydrogens is 360 g/mol. The molecule has 1 aliphatic heterocycles. The molecule has 3 aromatic rings. The van der Waals surface area contributed by atoms with Crippen LogP contribution in [0.3, 0.4) is 0 Å². The highest BCUT2D eigenvalue weighted by Gasteiger charge is 2.26. The number of rotatable bonds is 4. The standard InChI is InChI=1S/C20H22N4O2S/c1-13-8-18(14(2)24(13)12-17-4-3-7-27-17)20(26)23-6-5-22-10-15(19(21)25)9-16(22)11-23/h3-4,7-10H,5-6,11-12H2,1-2H3,(H2,21,25). The third kappa shape index (κ3) is 3.19. The van der Waals surface area contributed by atoms with Crippen molar-refractivity contribution in [2.24, 2.45) is 5.73 Å². The molecule has 2 N–H and O–H groups in total. The van der Waals surface area contributed by atoms with Crippen LogP contribution in [0.25, 0.3) is 0 Å². The van der Waals surface area contributed by atoms with Crippen LogP contribution in [0.1, 0.15) is 42.7 Å². The molecule has 3 aromatic heterocycles. The van der Waals surface area contributed by atoms with Crippen molar-refractivity contribution in [2.75, 3.05) is 6.54 Å². The van der Waals surface area contributed by atoms with Gasteiger partial charge in [0.05, 0.1) is 24.2 Å². The lowest BCUT2D eigenvalue weighted by molar-refractivity contribution is 0.0710. The summed E-state index contributed by atoms with van der Waals surface area (Å²) in [6, 6.07) is 7.92. The number of carbonyl (C=O) groups is 2. The van der Waals surface area contributed by atoms with Crippen LogP contribution in [-0.2, 0) is 19.6 Å². The Bertz CT molecular complexity index is 1010. The number of hydrogen-bond acceptors (Lipinski definition) is 3. The number of carbonyl (C=O) groups excluding carboxylic acids is 2. The highest BCUT2D eigenvalue weighted by molar-refractivity contribution is 7.09. The maximum Gasteiger partial charge on any atom is 0.256 e.